The van der Waals surface area contributed by atoms with Crippen molar-refractivity contribution in [2.24, 2.45) is 0 Å². The highest BCUT2D eigenvalue weighted by molar-refractivity contribution is 5.97. The van der Waals surface area contributed by atoms with Crippen LogP contribution in [0, 0.1) is 0 Å². The van der Waals surface area contributed by atoms with Gasteiger partial charge in [0.2, 0.25) is 0 Å². The Hall–Kier alpha value is -1.82. The van der Waals surface area contributed by atoms with Gasteiger partial charge in [-0.2, -0.15) is 0 Å². The highest BCUT2D eigenvalue weighted by atomic mass is 16.5. The van der Waals surface area contributed by atoms with Crippen molar-refractivity contribution in [2.75, 3.05) is 30.9 Å². The minimum Gasteiger partial charge on any atom is -0.465 e. The molecule has 1 aromatic heterocycles. The van der Waals surface area contributed by atoms with Gasteiger partial charge in [-0.1, -0.05) is 13.8 Å². The van der Waals surface area contributed by atoms with Gasteiger partial charge >= 0.3 is 5.97 Å². The van der Waals surface area contributed by atoms with Crippen LogP contribution in [0.25, 0.3) is 0 Å². The Kier molecular flexibility index (Phi) is 6.24. The van der Waals surface area contributed by atoms with Gasteiger partial charge in [0.15, 0.2) is 5.82 Å². The molecule has 0 radical (unpaired) electrons. The quantitative estimate of drug-likeness (QED) is 0.735. The number of aliphatic hydroxyl groups is 1. The molecule has 0 unspecified atom stereocenters. The van der Waals surface area contributed by atoms with E-state index in [0.717, 1.165) is 12.8 Å². The third-order valence-corrected chi connectivity index (χ3v) is 3.37. The summed E-state index contributed by atoms with van der Waals surface area (Å²) in [6, 6.07) is 1.75. The van der Waals surface area contributed by atoms with Gasteiger partial charge in [0.05, 0.1) is 25.0 Å². The molecule has 0 aromatic carbocycles. The van der Waals surface area contributed by atoms with Crippen LogP contribution in [0.1, 0.15) is 37.0 Å². The molecule has 112 valence electrons. The van der Waals surface area contributed by atoms with Crippen LogP contribution >= 0.6 is 0 Å². The molecule has 0 amide bonds. The van der Waals surface area contributed by atoms with E-state index in [2.05, 4.69) is 18.8 Å². The highest BCUT2D eigenvalue weighted by Crippen LogP contribution is 2.27. The molecule has 0 fully saturated rings. The second kappa shape index (κ2) is 7.69. The van der Waals surface area contributed by atoms with Crippen LogP contribution in [0.15, 0.2) is 12.3 Å². The minimum atomic E-state index is -0.486. The predicted octanol–water partition coefficient (Wildman–Crippen LogP) is 1.44. The van der Waals surface area contributed by atoms with Crippen LogP contribution < -0.4 is 10.6 Å². The van der Waals surface area contributed by atoms with Crippen molar-refractivity contribution >= 4 is 17.5 Å². The molecule has 1 aromatic rings. The van der Waals surface area contributed by atoms with Gasteiger partial charge in [0, 0.05) is 18.8 Å². The number of rotatable bonds is 7. The predicted molar refractivity (Wildman–Crippen MR) is 78.8 cm³/mol. The third kappa shape index (κ3) is 3.39. The maximum absolute atomic E-state index is 11.7. The number of aliphatic hydroxyl groups excluding tert-OH is 1. The monoisotopic (exact) mass is 281 g/mol. The highest BCUT2D eigenvalue weighted by Gasteiger charge is 2.22. The summed E-state index contributed by atoms with van der Waals surface area (Å²) in [5.41, 5.74) is 6.64. The molecular weight excluding hydrogens is 258 g/mol. The summed E-state index contributed by atoms with van der Waals surface area (Å²) in [6.07, 6.45) is 3.34. The average molecular weight is 281 g/mol. The van der Waals surface area contributed by atoms with Crippen molar-refractivity contribution in [2.45, 2.75) is 32.7 Å². The first kappa shape index (κ1) is 16.2. The van der Waals surface area contributed by atoms with Crippen molar-refractivity contribution in [1.82, 2.24) is 4.98 Å². The molecule has 3 N–H and O–H groups in total. The maximum Gasteiger partial charge on any atom is 0.340 e. The second-order valence-electron chi connectivity index (χ2n) is 4.47. The van der Waals surface area contributed by atoms with E-state index in [9.17, 15) is 9.90 Å². The van der Waals surface area contributed by atoms with Gasteiger partial charge in [0.25, 0.3) is 0 Å². The summed E-state index contributed by atoms with van der Waals surface area (Å²) < 4.78 is 4.71. The zero-order valence-electron chi connectivity index (χ0n) is 12.3. The lowest BCUT2D eigenvalue weighted by molar-refractivity contribution is 0.0602. The molecule has 6 heteroatoms. The summed E-state index contributed by atoms with van der Waals surface area (Å²) in [7, 11) is 1.31. The SMILES string of the molecule is CCC(CC)N(CCO)c1nccc(C(=O)OC)c1N. The number of nitrogen functional groups attached to an aromatic ring is 1. The summed E-state index contributed by atoms with van der Waals surface area (Å²) in [6.45, 7) is 4.56. The van der Waals surface area contributed by atoms with E-state index in [0.29, 0.717) is 23.6 Å². The number of pyridine rings is 1. The Labute approximate surface area is 119 Å². The number of hydrogen-bond donors (Lipinski definition) is 2. The zero-order valence-corrected chi connectivity index (χ0v) is 12.3. The van der Waals surface area contributed by atoms with Crippen LogP contribution in [0.4, 0.5) is 11.5 Å². The van der Waals surface area contributed by atoms with Gasteiger partial charge in [-0.05, 0) is 18.9 Å². The summed E-state index contributed by atoms with van der Waals surface area (Å²) in [5, 5.41) is 9.25. The lowest BCUT2D eigenvalue weighted by atomic mass is 10.1. The first-order valence-corrected chi connectivity index (χ1v) is 6.80. The van der Waals surface area contributed by atoms with Crippen LogP contribution in [0.3, 0.4) is 0 Å². The van der Waals surface area contributed by atoms with Crippen LogP contribution in [-0.2, 0) is 4.74 Å². The van der Waals surface area contributed by atoms with Crippen molar-refractivity contribution in [3.8, 4) is 0 Å². The van der Waals surface area contributed by atoms with Gasteiger partial charge in [-0.3, -0.25) is 0 Å². The fraction of sp³-hybridized carbons (Fsp3) is 0.571. The van der Waals surface area contributed by atoms with Crippen molar-refractivity contribution < 1.29 is 14.6 Å². The number of nitrogens with two attached hydrogens (primary N) is 1. The van der Waals surface area contributed by atoms with E-state index in [-0.39, 0.29) is 12.6 Å². The van der Waals surface area contributed by atoms with Crippen molar-refractivity contribution in [3.05, 3.63) is 17.8 Å². The zero-order chi connectivity index (χ0) is 15.1. The Morgan fingerprint density at radius 3 is 2.65 bits per heavy atom. The standard InChI is InChI=1S/C14H23N3O3/c1-4-10(5-2)17(8-9-18)13-12(15)11(6-7-16-13)14(19)20-3/h6-7,10,18H,4-5,8-9,15H2,1-3H3. The van der Waals surface area contributed by atoms with E-state index < -0.39 is 5.97 Å². The molecule has 0 spiro atoms. The van der Waals surface area contributed by atoms with E-state index in [1.807, 2.05) is 4.90 Å². The fourth-order valence-corrected chi connectivity index (χ4v) is 2.28. The molecule has 0 bridgehead atoms. The van der Waals surface area contributed by atoms with Gasteiger partial charge in [-0.15, -0.1) is 0 Å². The smallest absolute Gasteiger partial charge is 0.340 e. The van der Waals surface area contributed by atoms with Crippen LogP contribution in [-0.4, -0.2) is 42.4 Å². The normalized spacial score (nSPS) is 10.7. The molecule has 0 aliphatic carbocycles. The molecule has 1 heterocycles. The molecule has 0 saturated heterocycles. The minimum absolute atomic E-state index is 0.0000713. The summed E-state index contributed by atoms with van der Waals surface area (Å²) in [4.78, 5) is 17.9. The van der Waals surface area contributed by atoms with Crippen LogP contribution in [0.2, 0.25) is 0 Å². The molecule has 6 nitrogen and oxygen atoms in total. The number of carbonyl (C=O) groups excluding carboxylic acids is 1. The largest absolute Gasteiger partial charge is 0.465 e. The van der Waals surface area contributed by atoms with E-state index in [1.54, 1.807) is 0 Å². The first-order valence-electron chi connectivity index (χ1n) is 6.80. The number of esters is 1. The number of aromatic nitrogens is 1. The van der Waals surface area contributed by atoms with Crippen LogP contribution in [0.5, 0.6) is 0 Å². The Morgan fingerprint density at radius 1 is 1.50 bits per heavy atom. The lowest BCUT2D eigenvalue weighted by Crippen LogP contribution is -2.38. The van der Waals surface area contributed by atoms with E-state index in [4.69, 9.17) is 10.5 Å². The summed E-state index contributed by atoms with van der Waals surface area (Å²) in [5.74, 6) is 0.0373. The number of hydrogen-bond acceptors (Lipinski definition) is 6. The molecule has 0 aliphatic rings. The number of anilines is 2. The molecular formula is C14H23N3O3. The van der Waals surface area contributed by atoms with Crippen molar-refractivity contribution in [1.29, 1.82) is 0 Å². The Balaban J connectivity index is 3.23. The molecule has 0 saturated carbocycles. The fourth-order valence-electron chi connectivity index (χ4n) is 2.28. The molecule has 0 aliphatic heterocycles. The maximum atomic E-state index is 11.7. The molecule has 1 rings (SSSR count). The van der Waals surface area contributed by atoms with Gasteiger partial charge in [-0.25, -0.2) is 9.78 Å². The van der Waals surface area contributed by atoms with Crippen molar-refractivity contribution in [3.63, 3.8) is 0 Å². The second-order valence-corrected chi connectivity index (χ2v) is 4.47. The number of nitrogens with zero attached hydrogens (tertiary/aromatic N) is 2. The van der Waals surface area contributed by atoms with Gasteiger partial charge < -0.3 is 20.5 Å². The Morgan fingerprint density at radius 2 is 2.15 bits per heavy atom. The first-order chi connectivity index (χ1) is 9.60. The number of methoxy groups -OCH3 is 1. The molecule has 0 atom stereocenters. The lowest BCUT2D eigenvalue weighted by Gasteiger charge is -2.32. The third-order valence-electron chi connectivity index (χ3n) is 3.37. The molecule has 20 heavy (non-hydrogen) atoms. The Bertz CT molecular complexity index is 447. The van der Waals surface area contributed by atoms with E-state index in [1.165, 1.54) is 19.4 Å². The van der Waals surface area contributed by atoms with E-state index >= 15 is 0 Å². The number of carbonyl (C=O) groups is 1. The van der Waals surface area contributed by atoms with Gasteiger partial charge in [0.1, 0.15) is 0 Å². The summed E-state index contributed by atoms with van der Waals surface area (Å²) >= 11 is 0. The topological polar surface area (TPSA) is 88.7 Å². The average Bonchev–Trinajstić information content (AvgIpc) is 2.47. The number of ether oxygens (including phenoxy) is 1.